The second kappa shape index (κ2) is 6.47. The van der Waals surface area contributed by atoms with Crippen LogP contribution in [0.15, 0.2) is 35.4 Å². The monoisotopic (exact) mass is 338 g/mol. The van der Waals surface area contributed by atoms with Gasteiger partial charge >= 0.3 is 0 Å². The minimum absolute atomic E-state index is 0.0196. The number of hydrogen-bond donors (Lipinski definition) is 0. The van der Waals surface area contributed by atoms with E-state index in [0.717, 1.165) is 11.3 Å². The largest absolute Gasteiger partial charge is 0.270 e. The van der Waals surface area contributed by atoms with E-state index in [0.29, 0.717) is 6.54 Å². The Bertz CT molecular complexity index is 812. The van der Waals surface area contributed by atoms with Gasteiger partial charge in [0.25, 0.3) is 5.69 Å². The number of hydrogen-bond acceptors (Lipinski definition) is 5. The van der Waals surface area contributed by atoms with E-state index < -0.39 is 14.9 Å². The highest BCUT2D eigenvalue weighted by Gasteiger charge is 2.23. The molecule has 2 aromatic rings. The van der Waals surface area contributed by atoms with Crippen molar-refractivity contribution in [3.8, 4) is 0 Å². The molecule has 1 heterocycles. The zero-order valence-electron chi connectivity index (χ0n) is 13.1. The van der Waals surface area contributed by atoms with Gasteiger partial charge in [-0.15, -0.1) is 0 Å². The van der Waals surface area contributed by atoms with E-state index in [1.807, 2.05) is 13.8 Å². The minimum atomic E-state index is -3.72. The quantitative estimate of drug-likeness (QED) is 0.592. The Morgan fingerprint density at radius 1 is 1.30 bits per heavy atom. The number of benzene rings is 1. The summed E-state index contributed by atoms with van der Waals surface area (Å²) in [6.07, 6.45) is 1.65. The third kappa shape index (κ3) is 3.40. The maximum Gasteiger partial charge on any atom is 0.269 e. The Hall–Kier alpha value is -2.26. The second-order valence-corrected chi connectivity index (χ2v) is 7.13. The normalized spacial score (nSPS) is 11.8. The molecule has 0 aliphatic carbocycles. The molecule has 0 unspecified atom stereocenters. The van der Waals surface area contributed by atoms with Crippen molar-refractivity contribution in [3.05, 3.63) is 51.8 Å². The number of aryl methyl sites for hydroxylation is 1. The predicted molar refractivity (Wildman–Crippen MR) is 84.4 cm³/mol. The zero-order valence-corrected chi connectivity index (χ0v) is 13.9. The molecule has 2 rings (SSSR count). The Labute approximate surface area is 134 Å². The SMILES string of the molecule is CCn1ncc(CN(C)S(=O)(=O)c2ccc([N+](=O)[O-])cc2)c1C. The van der Waals surface area contributed by atoms with E-state index in [9.17, 15) is 18.5 Å². The number of nitro groups is 1. The van der Waals surface area contributed by atoms with Gasteiger partial charge in [-0.1, -0.05) is 0 Å². The Balaban J connectivity index is 2.24. The van der Waals surface area contributed by atoms with E-state index in [1.54, 1.807) is 10.9 Å². The fourth-order valence-corrected chi connectivity index (χ4v) is 3.35. The van der Waals surface area contributed by atoms with E-state index in [-0.39, 0.29) is 17.1 Å². The Morgan fingerprint density at radius 2 is 1.91 bits per heavy atom. The van der Waals surface area contributed by atoms with Gasteiger partial charge < -0.3 is 0 Å². The van der Waals surface area contributed by atoms with Crippen LogP contribution in [-0.4, -0.2) is 34.5 Å². The summed E-state index contributed by atoms with van der Waals surface area (Å²) < 4.78 is 28.1. The molecule has 0 saturated carbocycles. The molecule has 0 atom stereocenters. The van der Waals surface area contributed by atoms with E-state index in [2.05, 4.69) is 5.10 Å². The van der Waals surface area contributed by atoms with Crippen LogP contribution in [0, 0.1) is 17.0 Å². The molecule has 0 fully saturated rings. The molecular formula is C14H18N4O4S. The summed E-state index contributed by atoms with van der Waals surface area (Å²) in [5.74, 6) is 0. The lowest BCUT2D eigenvalue weighted by Crippen LogP contribution is -2.26. The molecule has 0 N–H and O–H groups in total. The van der Waals surface area contributed by atoms with Gasteiger partial charge in [0.05, 0.1) is 16.0 Å². The second-order valence-electron chi connectivity index (χ2n) is 5.08. The molecule has 124 valence electrons. The Kier molecular flexibility index (Phi) is 4.81. The van der Waals surface area contributed by atoms with Crippen molar-refractivity contribution in [2.45, 2.75) is 31.8 Å². The summed E-state index contributed by atoms with van der Waals surface area (Å²) >= 11 is 0. The molecule has 0 aliphatic heterocycles. The van der Waals surface area contributed by atoms with Crippen molar-refractivity contribution >= 4 is 15.7 Å². The minimum Gasteiger partial charge on any atom is -0.270 e. The average molecular weight is 338 g/mol. The molecule has 8 nitrogen and oxygen atoms in total. The van der Waals surface area contributed by atoms with Gasteiger partial charge in [0.15, 0.2) is 0 Å². The van der Waals surface area contributed by atoms with Gasteiger partial charge in [0, 0.05) is 43.5 Å². The first kappa shape index (κ1) is 17.1. The van der Waals surface area contributed by atoms with Gasteiger partial charge in [-0.3, -0.25) is 14.8 Å². The molecule has 23 heavy (non-hydrogen) atoms. The lowest BCUT2D eigenvalue weighted by Gasteiger charge is -2.17. The molecule has 0 aliphatic rings. The van der Waals surface area contributed by atoms with Gasteiger partial charge in [-0.25, -0.2) is 8.42 Å². The molecule has 0 spiro atoms. The number of nitro benzene ring substituents is 1. The maximum absolute atomic E-state index is 12.5. The van der Waals surface area contributed by atoms with Crippen molar-refractivity contribution in [1.82, 2.24) is 14.1 Å². The topological polar surface area (TPSA) is 98.3 Å². The fourth-order valence-electron chi connectivity index (χ4n) is 2.20. The number of nitrogens with zero attached hydrogens (tertiary/aromatic N) is 4. The zero-order chi connectivity index (χ0) is 17.2. The lowest BCUT2D eigenvalue weighted by molar-refractivity contribution is -0.384. The van der Waals surface area contributed by atoms with Crippen molar-refractivity contribution in [1.29, 1.82) is 0 Å². The van der Waals surface area contributed by atoms with Crippen molar-refractivity contribution in [3.63, 3.8) is 0 Å². The highest BCUT2D eigenvalue weighted by molar-refractivity contribution is 7.89. The van der Waals surface area contributed by atoms with Gasteiger partial charge in [0.1, 0.15) is 0 Å². The van der Waals surface area contributed by atoms with Crippen LogP contribution in [0.2, 0.25) is 0 Å². The van der Waals surface area contributed by atoms with Crippen LogP contribution in [0.1, 0.15) is 18.2 Å². The Morgan fingerprint density at radius 3 is 2.39 bits per heavy atom. The van der Waals surface area contributed by atoms with Gasteiger partial charge in [-0.05, 0) is 26.0 Å². The smallest absolute Gasteiger partial charge is 0.269 e. The van der Waals surface area contributed by atoms with Crippen LogP contribution >= 0.6 is 0 Å². The van der Waals surface area contributed by atoms with Crippen LogP contribution in [-0.2, 0) is 23.1 Å². The first-order valence-corrected chi connectivity index (χ1v) is 8.43. The summed E-state index contributed by atoms with van der Waals surface area (Å²) in [7, 11) is -2.25. The fraction of sp³-hybridized carbons (Fsp3) is 0.357. The van der Waals surface area contributed by atoms with Crippen LogP contribution in [0.3, 0.4) is 0 Å². The van der Waals surface area contributed by atoms with Crippen LogP contribution in [0.5, 0.6) is 0 Å². The maximum atomic E-state index is 12.5. The first-order valence-electron chi connectivity index (χ1n) is 6.99. The highest BCUT2D eigenvalue weighted by Crippen LogP contribution is 2.21. The number of sulfonamides is 1. The molecule has 1 aromatic heterocycles. The van der Waals surface area contributed by atoms with Crippen LogP contribution in [0.25, 0.3) is 0 Å². The van der Waals surface area contributed by atoms with Crippen LogP contribution < -0.4 is 0 Å². The van der Waals surface area contributed by atoms with Crippen molar-refractivity contribution in [2.24, 2.45) is 0 Å². The lowest BCUT2D eigenvalue weighted by atomic mass is 10.2. The summed E-state index contributed by atoms with van der Waals surface area (Å²) in [5.41, 5.74) is 1.59. The summed E-state index contributed by atoms with van der Waals surface area (Å²) in [4.78, 5) is 10.1. The summed E-state index contributed by atoms with van der Waals surface area (Å²) in [6.45, 7) is 4.75. The summed E-state index contributed by atoms with van der Waals surface area (Å²) in [6, 6.07) is 4.85. The first-order chi connectivity index (χ1) is 10.8. The van der Waals surface area contributed by atoms with E-state index >= 15 is 0 Å². The number of aromatic nitrogens is 2. The molecule has 0 bridgehead atoms. The summed E-state index contributed by atoms with van der Waals surface area (Å²) in [5, 5.41) is 14.8. The molecular weight excluding hydrogens is 320 g/mol. The van der Waals surface area contributed by atoms with E-state index in [4.69, 9.17) is 0 Å². The van der Waals surface area contributed by atoms with Gasteiger partial charge in [-0.2, -0.15) is 9.40 Å². The molecule has 0 amide bonds. The molecule has 9 heteroatoms. The van der Waals surface area contributed by atoms with E-state index in [1.165, 1.54) is 35.6 Å². The number of rotatable bonds is 6. The van der Waals surface area contributed by atoms with Crippen molar-refractivity contribution in [2.75, 3.05) is 7.05 Å². The van der Waals surface area contributed by atoms with Crippen LogP contribution in [0.4, 0.5) is 5.69 Å². The number of non-ortho nitro benzene ring substituents is 1. The van der Waals surface area contributed by atoms with Gasteiger partial charge in [0.2, 0.25) is 10.0 Å². The van der Waals surface area contributed by atoms with Crippen molar-refractivity contribution < 1.29 is 13.3 Å². The third-order valence-electron chi connectivity index (χ3n) is 3.65. The average Bonchev–Trinajstić information content (AvgIpc) is 2.87. The third-order valence-corrected chi connectivity index (χ3v) is 5.47. The highest BCUT2D eigenvalue weighted by atomic mass is 32.2. The molecule has 1 aromatic carbocycles. The standard InChI is InChI=1S/C14H18N4O4S/c1-4-17-11(2)12(9-15-17)10-16(3)23(21,22)14-7-5-13(6-8-14)18(19)20/h5-9H,4,10H2,1-3H3. The molecule has 0 radical (unpaired) electrons. The molecule has 0 saturated heterocycles. The predicted octanol–water partition coefficient (Wildman–Crippen LogP) is 1.94.